The maximum atomic E-state index is 11.9. The first kappa shape index (κ1) is 40.1. The molecule has 0 fully saturated rings. The third-order valence-electron chi connectivity index (χ3n) is 6.84. The molecule has 268 valence electrons. The summed E-state index contributed by atoms with van der Waals surface area (Å²) in [6.07, 6.45) is 0. The van der Waals surface area contributed by atoms with Gasteiger partial charge in [-0.3, -0.25) is 14.4 Å². The molecule has 0 amide bonds. The summed E-state index contributed by atoms with van der Waals surface area (Å²) in [6.45, 7) is 7.37. The van der Waals surface area contributed by atoms with E-state index in [1.807, 2.05) is 13.8 Å². The molecule has 14 nitrogen and oxygen atoms in total. The van der Waals surface area contributed by atoms with Crippen molar-refractivity contribution in [3.63, 3.8) is 0 Å². The number of phenols is 1. The largest absolute Gasteiger partial charge is 0.507 e. The van der Waals surface area contributed by atoms with Crippen molar-refractivity contribution >= 4 is 51.4 Å². The van der Waals surface area contributed by atoms with Crippen molar-refractivity contribution in [3.05, 3.63) is 58.7 Å². The van der Waals surface area contributed by atoms with E-state index in [2.05, 4.69) is 9.47 Å². The van der Waals surface area contributed by atoms with E-state index < -0.39 is 29.8 Å². The highest BCUT2D eigenvalue weighted by Gasteiger charge is 2.21. The highest BCUT2D eigenvalue weighted by Crippen LogP contribution is 2.43. The predicted molar refractivity (Wildman–Crippen MR) is 182 cm³/mol. The van der Waals surface area contributed by atoms with Crippen molar-refractivity contribution < 1.29 is 67.0 Å². The first-order chi connectivity index (χ1) is 23.6. The number of benzene rings is 4. The number of carbonyl (C=O) groups is 5. The van der Waals surface area contributed by atoms with Crippen LogP contribution in [0.4, 0.5) is 0 Å². The highest BCUT2D eigenvalue weighted by atomic mass is 16.6. The first-order valence-electron chi connectivity index (χ1n) is 14.7. The number of ether oxygens (including phenoxy) is 8. The van der Waals surface area contributed by atoms with E-state index >= 15 is 0 Å². The van der Waals surface area contributed by atoms with Crippen molar-refractivity contribution in [2.75, 3.05) is 42.7 Å². The zero-order valence-electron chi connectivity index (χ0n) is 29.7. The number of phenolic OH excluding ortho intramolecular Hbond substituents is 1. The van der Waals surface area contributed by atoms with Gasteiger partial charge in [0, 0.05) is 31.5 Å². The van der Waals surface area contributed by atoms with Gasteiger partial charge >= 0.3 is 29.8 Å². The molecule has 0 saturated heterocycles. The Labute approximate surface area is 288 Å². The molecule has 0 spiro atoms. The molecule has 1 N–H and O–H groups in total. The summed E-state index contributed by atoms with van der Waals surface area (Å²) >= 11 is 0. The Kier molecular flexibility index (Phi) is 14.4. The van der Waals surface area contributed by atoms with Crippen LogP contribution in [0.15, 0.2) is 36.4 Å². The monoisotopic (exact) mass is 696 g/mol. The zero-order valence-corrected chi connectivity index (χ0v) is 29.7. The van der Waals surface area contributed by atoms with Gasteiger partial charge in [-0.2, -0.15) is 0 Å². The SMILES string of the molecule is CC(=O)OC(C)=O.COC(=O)c1cc(O)c2c(OC)cc(C)c(OC)c2c1.COC(=O)c1cc(OC(C)=O)c2c(OC)cc(C)c(OC)c2c1. The molecule has 0 bridgehead atoms. The van der Waals surface area contributed by atoms with E-state index in [-0.39, 0.29) is 22.6 Å². The normalized spacial score (nSPS) is 9.98. The number of rotatable bonds is 7. The van der Waals surface area contributed by atoms with Gasteiger partial charge in [0.1, 0.15) is 34.5 Å². The molecule has 0 saturated carbocycles. The highest BCUT2D eigenvalue weighted by molar-refractivity contribution is 6.05. The van der Waals surface area contributed by atoms with Gasteiger partial charge < -0.3 is 43.0 Å². The van der Waals surface area contributed by atoms with E-state index in [4.69, 9.17) is 28.4 Å². The number of hydrogen-bond donors (Lipinski definition) is 1. The van der Waals surface area contributed by atoms with Crippen LogP contribution in [0.5, 0.6) is 34.5 Å². The molecule has 50 heavy (non-hydrogen) atoms. The third kappa shape index (κ3) is 9.52. The maximum absolute atomic E-state index is 11.9. The fourth-order valence-corrected chi connectivity index (χ4v) is 4.98. The average molecular weight is 697 g/mol. The molecule has 0 aromatic heterocycles. The lowest BCUT2D eigenvalue weighted by Crippen LogP contribution is -2.07. The van der Waals surface area contributed by atoms with Crippen LogP contribution in [0, 0.1) is 13.8 Å². The Bertz CT molecular complexity index is 1910. The molecule has 0 unspecified atom stereocenters. The van der Waals surface area contributed by atoms with Crippen molar-refractivity contribution in [2.45, 2.75) is 34.6 Å². The lowest BCUT2D eigenvalue weighted by atomic mass is 10.0. The lowest BCUT2D eigenvalue weighted by Gasteiger charge is -2.16. The molecule has 0 aliphatic rings. The van der Waals surface area contributed by atoms with Crippen LogP contribution in [0.25, 0.3) is 21.5 Å². The summed E-state index contributed by atoms with van der Waals surface area (Å²) in [7, 11) is 8.69. The zero-order chi connectivity index (χ0) is 37.9. The van der Waals surface area contributed by atoms with Crippen LogP contribution < -0.4 is 23.7 Å². The minimum atomic E-state index is -0.562. The number of esters is 5. The van der Waals surface area contributed by atoms with E-state index in [1.54, 1.807) is 24.3 Å². The molecule has 0 radical (unpaired) electrons. The predicted octanol–water partition coefficient (Wildman–Crippen LogP) is 5.63. The molecular weight excluding hydrogens is 656 g/mol. The smallest absolute Gasteiger partial charge is 0.338 e. The Hall–Kier alpha value is -6.05. The Morgan fingerprint density at radius 2 is 0.940 bits per heavy atom. The van der Waals surface area contributed by atoms with Crippen molar-refractivity contribution in [2.24, 2.45) is 0 Å². The van der Waals surface area contributed by atoms with E-state index in [9.17, 15) is 29.1 Å². The second-order valence-electron chi connectivity index (χ2n) is 10.3. The Morgan fingerprint density at radius 1 is 0.520 bits per heavy atom. The maximum Gasteiger partial charge on any atom is 0.338 e. The van der Waals surface area contributed by atoms with E-state index in [1.165, 1.54) is 75.6 Å². The summed E-state index contributed by atoms with van der Waals surface area (Å²) in [4.78, 5) is 54.6. The fourth-order valence-electron chi connectivity index (χ4n) is 4.98. The van der Waals surface area contributed by atoms with Crippen LogP contribution in [0.1, 0.15) is 52.6 Å². The molecule has 0 aliphatic carbocycles. The number of hydrogen-bond acceptors (Lipinski definition) is 14. The molecule has 0 aliphatic heterocycles. The van der Waals surface area contributed by atoms with Gasteiger partial charge in [0.05, 0.1) is 64.6 Å². The quantitative estimate of drug-likeness (QED) is 0.109. The van der Waals surface area contributed by atoms with Gasteiger partial charge in [0.25, 0.3) is 0 Å². The standard InChI is InChI=1S/C17H18O6.C15H16O5.C4H6O3/c1-9-6-13(20-3)15-12(16(9)21-4)7-11(17(19)22-5)8-14(15)23-10(2)18;1-8-5-12(18-2)13-10(14(8)19-3)6-9(7-11(13)16)15(17)20-4;1-3(5)7-4(2)6/h6-8H,1-5H3;5-7,16H,1-4H3;1-2H3. The number of aromatic hydroxyl groups is 1. The molecule has 4 rings (SSSR count). The summed E-state index contributed by atoms with van der Waals surface area (Å²) in [5, 5.41) is 12.4. The number of carbonyl (C=O) groups excluding carboxylic acids is 5. The molecule has 4 aromatic carbocycles. The summed E-state index contributed by atoms with van der Waals surface area (Å²) < 4.78 is 40.1. The van der Waals surface area contributed by atoms with Gasteiger partial charge in [0.15, 0.2) is 0 Å². The minimum Gasteiger partial charge on any atom is -0.507 e. The molecule has 0 atom stereocenters. The van der Waals surface area contributed by atoms with Crippen molar-refractivity contribution in [3.8, 4) is 34.5 Å². The summed E-state index contributed by atoms with van der Waals surface area (Å²) in [5.41, 5.74) is 2.18. The Morgan fingerprint density at radius 3 is 1.30 bits per heavy atom. The number of fused-ring (bicyclic) bond motifs is 2. The average Bonchev–Trinajstić information content (AvgIpc) is 3.06. The van der Waals surface area contributed by atoms with Gasteiger partial charge in [-0.05, 0) is 61.4 Å². The third-order valence-corrected chi connectivity index (χ3v) is 6.84. The molecule has 0 heterocycles. The summed E-state index contributed by atoms with van der Waals surface area (Å²) in [5.74, 6) is -0.342. The molecule has 14 heteroatoms. The summed E-state index contributed by atoms with van der Waals surface area (Å²) in [6, 6.07) is 9.61. The lowest BCUT2D eigenvalue weighted by molar-refractivity contribution is -0.156. The van der Waals surface area contributed by atoms with Gasteiger partial charge in [-0.1, -0.05) is 0 Å². The van der Waals surface area contributed by atoms with Crippen LogP contribution in [-0.2, 0) is 28.6 Å². The minimum absolute atomic E-state index is 0.0574. The van der Waals surface area contributed by atoms with Gasteiger partial charge in [-0.25, -0.2) is 9.59 Å². The molecular formula is C36H40O14. The van der Waals surface area contributed by atoms with Gasteiger partial charge in [-0.15, -0.1) is 0 Å². The fraction of sp³-hybridized carbons (Fsp3) is 0.306. The van der Waals surface area contributed by atoms with Crippen molar-refractivity contribution in [1.29, 1.82) is 0 Å². The first-order valence-corrected chi connectivity index (χ1v) is 14.7. The van der Waals surface area contributed by atoms with E-state index in [0.29, 0.717) is 44.5 Å². The van der Waals surface area contributed by atoms with E-state index in [0.717, 1.165) is 11.1 Å². The second-order valence-corrected chi connectivity index (χ2v) is 10.3. The van der Waals surface area contributed by atoms with Crippen LogP contribution in [0.3, 0.4) is 0 Å². The second kappa shape index (κ2) is 17.9. The topological polar surface area (TPSA) is 179 Å². The van der Waals surface area contributed by atoms with Crippen LogP contribution in [-0.4, -0.2) is 77.6 Å². The van der Waals surface area contributed by atoms with Crippen LogP contribution in [0.2, 0.25) is 0 Å². The van der Waals surface area contributed by atoms with Crippen molar-refractivity contribution in [1.82, 2.24) is 0 Å². The van der Waals surface area contributed by atoms with Crippen LogP contribution >= 0.6 is 0 Å². The Balaban J connectivity index is 0.000000294. The molecule has 4 aromatic rings. The number of methoxy groups -OCH3 is 6. The van der Waals surface area contributed by atoms with Gasteiger partial charge in [0.2, 0.25) is 0 Å². The number of aryl methyl sites for hydroxylation is 2.